The molecule has 0 bridgehead atoms. The number of nitrogens with zero attached hydrogens (tertiary/aromatic N) is 2. The summed E-state index contributed by atoms with van der Waals surface area (Å²) in [6, 6.07) is 13.6. The molecule has 4 rings (SSSR count). The fourth-order valence-electron chi connectivity index (χ4n) is 3.66. The Morgan fingerprint density at radius 2 is 1.85 bits per heavy atom. The number of non-ortho nitro benzene ring substituents is 1. The van der Waals surface area contributed by atoms with Crippen molar-refractivity contribution in [3.05, 3.63) is 81.0 Å². The van der Waals surface area contributed by atoms with Gasteiger partial charge in [0.1, 0.15) is 22.9 Å². The number of halogens is 1. The number of β-lactam (4-membered cyclic amide) rings is 1. The second-order valence-corrected chi connectivity index (χ2v) is 9.23. The number of thioether (sulfide) groups is 1. The maximum absolute atomic E-state index is 12.7. The number of carboxylic acid groups (broad SMARTS) is 1. The van der Waals surface area contributed by atoms with E-state index in [9.17, 15) is 29.6 Å². The van der Waals surface area contributed by atoms with Crippen LogP contribution in [-0.2, 0) is 20.8 Å². The largest absolute Gasteiger partial charge is 0.484 e. The average molecular weight is 504 g/mol. The Labute approximate surface area is 202 Å². The zero-order valence-electron chi connectivity index (χ0n) is 17.4. The standard InChI is InChI=1S/C22H18ClN3O7S/c23-17-15(10-12-6-8-13(9-7-12)26(31)32)34-21-18(20(28)25(21)19(17)22(29)30)24-16(27)11-33-14-4-2-1-3-5-14/h1-9,15,18,21H,10-11H2,(H,24,27)(H,29,30)/t15?,18?,21-/m1/s1. The molecule has 1 fully saturated rings. The average Bonchev–Trinajstić information content (AvgIpc) is 2.83. The van der Waals surface area contributed by atoms with Crippen molar-refractivity contribution in [2.24, 2.45) is 0 Å². The van der Waals surface area contributed by atoms with Crippen molar-refractivity contribution in [3.63, 3.8) is 0 Å². The van der Waals surface area contributed by atoms with Gasteiger partial charge in [0.05, 0.1) is 9.96 Å². The maximum Gasteiger partial charge on any atom is 0.353 e. The number of carboxylic acids is 1. The Hall–Kier alpha value is -3.57. The first-order valence-corrected chi connectivity index (χ1v) is 11.4. The molecule has 12 heteroatoms. The molecule has 2 aliphatic rings. The van der Waals surface area contributed by atoms with E-state index in [-0.39, 0.29) is 29.4 Å². The number of benzene rings is 2. The van der Waals surface area contributed by atoms with Crippen LogP contribution in [0.3, 0.4) is 0 Å². The smallest absolute Gasteiger partial charge is 0.353 e. The minimum Gasteiger partial charge on any atom is -0.484 e. The van der Waals surface area contributed by atoms with E-state index in [1.807, 2.05) is 0 Å². The summed E-state index contributed by atoms with van der Waals surface area (Å²) in [5.74, 6) is -1.95. The van der Waals surface area contributed by atoms with Gasteiger partial charge in [0.25, 0.3) is 17.5 Å². The number of nitro groups is 1. The van der Waals surface area contributed by atoms with E-state index < -0.39 is 39.4 Å². The van der Waals surface area contributed by atoms with Crippen LogP contribution in [0.4, 0.5) is 5.69 Å². The van der Waals surface area contributed by atoms with Crippen LogP contribution in [0.5, 0.6) is 5.75 Å². The molecule has 2 aromatic rings. The van der Waals surface area contributed by atoms with Crippen molar-refractivity contribution >= 4 is 46.8 Å². The molecule has 2 amide bonds. The van der Waals surface area contributed by atoms with Crippen molar-refractivity contribution in [1.82, 2.24) is 10.2 Å². The number of para-hydroxylation sites is 1. The highest BCUT2D eigenvalue weighted by Gasteiger charge is 2.56. The lowest BCUT2D eigenvalue weighted by atomic mass is 10.0. The van der Waals surface area contributed by atoms with E-state index in [1.165, 1.54) is 23.9 Å². The molecule has 2 N–H and O–H groups in total. The zero-order chi connectivity index (χ0) is 24.4. The lowest BCUT2D eigenvalue weighted by Crippen LogP contribution is -2.71. The fourth-order valence-corrected chi connectivity index (χ4v) is 5.59. The summed E-state index contributed by atoms with van der Waals surface area (Å²) in [5, 5.41) is 22.0. The predicted molar refractivity (Wildman–Crippen MR) is 123 cm³/mol. The molecule has 0 aliphatic carbocycles. The van der Waals surface area contributed by atoms with Crippen LogP contribution in [-0.4, -0.2) is 56.0 Å². The number of hydrogen-bond donors (Lipinski definition) is 2. The molecule has 10 nitrogen and oxygen atoms in total. The summed E-state index contributed by atoms with van der Waals surface area (Å²) < 4.78 is 5.40. The first-order chi connectivity index (χ1) is 16.3. The number of carbonyl (C=O) groups is 3. The van der Waals surface area contributed by atoms with Gasteiger partial charge in [-0.1, -0.05) is 41.9 Å². The topological polar surface area (TPSA) is 139 Å². The third kappa shape index (κ3) is 4.70. The second-order valence-electron chi connectivity index (χ2n) is 7.50. The molecule has 0 spiro atoms. The van der Waals surface area contributed by atoms with Crippen LogP contribution in [0.2, 0.25) is 0 Å². The summed E-state index contributed by atoms with van der Waals surface area (Å²) in [7, 11) is 0. The number of carbonyl (C=O) groups excluding carboxylic acids is 2. The number of nitrogens with one attached hydrogen (secondary N) is 1. The SMILES string of the molecule is O=C(COc1ccccc1)NC1C(=O)N2C(C(=O)O)=C(Cl)C(Cc3ccc([N+](=O)[O-])cc3)S[C@H]12. The lowest BCUT2D eigenvalue weighted by Gasteiger charge is -2.50. The Bertz CT molecular complexity index is 1170. The molecule has 0 aromatic heterocycles. The third-order valence-corrected chi connectivity index (χ3v) is 7.36. The van der Waals surface area contributed by atoms with E-state index in [0.717, 1.165) is 4.90 Å². The fraction of sp³-hybridized carbons (Fsp3) is 0.227. The Balaban J connectivity index is 1.47. The Morgan fingerprint density at radius 1 is 1.18 bits per heavy atom. The molecule has 0 saturated carbocycles. The van der Waals surface area contributed by atoms with Gasteiger partial charge in [-0.05, 0) is 24.1 Å². The molecule has 0 radical (unpaired) electrons. The normalized spacial score (nSPS) is 21.4. The number of amides is 2. The quantitative estimate of drug-likeness (QED) is 0.318. The number of aliphatic carboxylic acids is 1. The van der Waals surface area contributed by atoms with Crippen LogP contribution in [0.1, 0.15) is 5.56 Å². The molecule has 34 heavy (non-hydrogen) atoms. The van der Waals surface area contributed by atoms with Gasteiger partial charge >= 0.3 is 5.97 Å². The van der Waals surface area contributed by atoms with Gasteiger partial charge in [0.15, 0.2) is 6.61 Å². The van der Waals surface area contributed by atoms with Gasteiger partial charge in [-0.25, -0.2) is 4.79 Å². The molecule has 2 aliphatic heterocycles. The molecule has 2 unspecified atom stereocenters. The van der Waals surface area contributed by atoms with Crippen LogP contribution in [0.15, 0.2) is 65.3 Å². The predicted octanol–water partition coefficient (Wildman–Crippen LogP) is 2.52. The third-order valence-electron chi connectivity index (χ3n) is 5.30. The highest BCUT2D eigenvalue weighted by Crippen LogP contribution is 2.46. The molecule has 2 heterocycles. The van der Waals surface area contributed by atoms with E-state index in [4.69, 9.17) is 16.3 Å². The van der Waals surface area contributed by atoms with Crippen LogP contribution in [0.25, 0.3) is 0 Å². The first kappa shape index (κ1) is 23.6. The van der Waals surface area contributed by atoms with Gasteiger partial charge in [0.2, 0.25) is 0 Å². The highest BCUT2D eigenvalue weighted by atomic mass is 35.5. The van der Waals surface area contributed by atoms with Crippen LogP contribution >= 0.6 is 23.4 Å². The highest BCUT2D eigenvalue weighted by molar-refractivity contribution is 8.01. The number of nitro benzene ring substituents is 1. The summed E-state index contributed by atoms with van der Waals surface area (Å²) in [5.41, 5.74) is 0.319. The number of ether oxygens (including phenoxy) is 1. The monoisotopic (exact) mass is 503 g/mol. The minimum atomic E-state index is -1.35. The van der Waals surface area contributed by atoms with Crippen molar-refractivity contribution < 1.29 is 29.2 Å². The molecule has 176 valence electrons. The van der Waals surface area contributed by atoms with Crippen molar-refractivity contribution in [1.29, 1.82) is 0 Å². The number of hydrogen-bond acceptors (Lipinski definition) is 7. The number of fused-ring (bicyclic) bond motifs is 1. The van der Waals surface area contributed by atoms with Crippen molar-refractivity contribution in [2.75, 3.05) is 6.61 Å². The first-order valence-electron chi connectivity index (χ1n) is 10.1. The van der Waals surface area contributed by atoms with E-state index >= 15 is 0 Å². The van der Waals surface area contributed by atoms with Gasteiger partial charge in [-0.3, -0.25) is 24.6 Å². The Kier molecular flexibility index (Phi) is 6.75. The lowest BCUT2D eigenvalue weighted by molar-refractivity contribution is -0.384. The van der Waals surface area contributed by atoms with Gasteiger partial charge in [-0.15, -0.1) is 11.8 Å². The molecule has 2 aromatic carbocycles. The summed E-state index contributed by atoms with van der Waals surface area (Å²) in [4.78, 5) is 48.3. The molecular weight excluding hydrogens is 486 g/mol. The summed E-state index contributed by atoms with van der Waals surface area (Å²) in [6.07, 6.45) is 0.286. The zero-order valence-corrected chi connectivity index (χ0v) is 19.0. The van der Waals surface area contributed by atoms with E-state index in [1.54, 1.807) is 42.5 Å². The van der Waals surface area contributed by atoms with E-state index in [2.05, 4.69) is 5.32 Å². The number of rotatable bonds is 8. The van der Waals surface area contributed by atoms with Gasteiger partial charge in [-0.2, -0.15) is 0 Å². The summed E-state index contributed by atoms with van der Waals surface area (Å²) >= 11 is 7.62. The molecule has 3 atom stereocenters. The van der Waals surface area contributed by atoms with Crippen LogP contribution in [0, 0.1) is 10.1 Å². The second kappa shape index (κ2) is 9.74. The van der Waals surface area contributed by atoms with E-state index in [0.29, 0.717) is 11.3 Å². The minimum absolute atomic E-state index is 0.00218. The van der Waals surface area contributed by atoms with Crippen molar-refractivity contribution in [2.45, 2.75) is 23.1 Å². The molecular formula is C22H18ClN3O7S. The van der Waals surface area contributed by atoms with Gasteiger partial charge < -0.3 is 15.2 Å². The maximum atomic E-state index is 12.7. The molecule has 1 saturated heterocycles. The summed E-state index contributed by atoms with van der Waals surface area (Å²) in [6.45, 7) is -0.306. The van der Waals surface area contributed by atoms with Crippen molar-refractivity contribution in [3.8, 4) is 5.75 Å². The van der Waals surface area contributed by atoms with Gasteiger partial charge in [0, 0.05) is 17.4 Å². The Morgan fingerprint density at radius 3 is 2.47 bits per heavy atom. The van der Waals surface area contributed by atoms with Crippen LogP contribution < -0.4 is 10.1 Å².